The molecule has 0 spiro atoms. The minimum Gasteiger partial charge on any atom is -0.325 e. The van der Waals surface area contributed by atoms with Crippen molar-refractivity contribution in [1.29, 1.82) is 0 Å². The van der Waals surface area contributed by atoms with E-state index in [1.807, 2.05) is 19.1 Å². The monoisotopic (exact) mass is 330 g/mol. The quantitative estimate of drug-likeness (QED) is 0.828. The van der Waals surface area contributed by atoms with Gasteiger partial charge in [0.15, 0.2) is 0 Å². The summed E-state index contributed by atoms with van der Waals surface area (Å²) in [6, 6.07) is 3.71. The molecule has 1 aromatic carbocycles. The molecule has 0 saturated carbocycles. The molecule has 2 amide bonds. The minimum absolute atomic E-state index is 0.121. The van der Waals surface area contributed by atoms with Crippen LogP contribution in [0.15, 0.2) is 12.1 Å². The zero-order valence-electron chi connectivity index (χ0n) is 12.6. The number of hydrogen-bond acceptors (Lipinski definition) is 2. The van der Waals surface area contributed by atoms with Crippen LogP contribution >= 0.6 is 23.2 Å². The molecule has 0 fully saturated rings. The molecular weight excluding hydrogens is 311 g/mol. The average molecular weight is 331 g/mol. The van der Waals surface area contributed by atoms with Gasteiger partial charge in [-0.25, -0.2) is 0 Å². The van der Waals surface area contributed by atoms with Gasteiger partial charge >= 0.3 is 0 Å². The summed E-state index contributed by atoms with van der Waals surface area (Å²) in [7, 11) is 0. The number of amides is 2. The smallest absolute Gasteiger partial charge is 0.239 e. The van der Waals surface area contributed by atoms with Crippen molar-refractivity contribution in [1.82, 2.24) is 0 Å². The average Bonchev–Trinajstić information content (AvgIpc) is 2.41. The third-order valence-electron chi connectivity index (χ3n) is 3.05. The molecule has 0 aliphatic rings. The van der Waals surface area contributed by atoms with Gasteiger partial charge in [0.25, 0.3) is 0 Å². The molecule has 0 atom stereocenters. The Morgan fingerprint density at radius 1 is 1.05 bits per heavy atom. The van der Waals surface area contributed by atoms with E-state index in [9.17, 15) is 9.59 Å². The molecule has 6 heteroatoms. The van der Waals surface area contributed by atoms with Crippen LogP contribution in [-0.4, -0.2) is 23.6 Å². The number of nitrogens with one attached hydrogen (secondary N) is 2. The maximum Gasteiger partial charge on any atom is 0.239 e. The van der Waals surface area contributed by atoms with Crippen LogP contribution in [0.5, 0.6) is 0 Å². The van der Waals surface area contributed by atoms with Crippen LogP contribution < -0.4 is 10.6 Å². The van der Waals surface area contributed by atoms with E-state index in [0.29, 0.717) is 11.4 Å². The van der Waals surface area contributed by atoms with Crippen molar-refractivity contribution in [3.8, 4) is 0 Å². The van der Waals surface area contributed by atoms with Crippen molar-refractivity contribution >= 4 is 46.4 Å². The van der Waals surface area contributed by atoms with Gasteiger partial charge in [0, 0.05) is 11.4 Å². The molecule has 0 radical (unpaired) electrons. The molecule has 1 aromatic rings. The predicted molar refractivity (Wildman–Crippen MR) is 88.6 cm³/mol. The number of carbonyl (C=O) groups is 2. The fraction of sp³-hybridized carbons (Fsp3) is 0.467. The Labute approximate surface area is 135 Å². The first-order chi connectivity index (χ1) is 9.70. The fourth-order valence-corrected chi connectivity index (χ4v) is 2.12. The molecule has 2 N–H and O–H groups in total. The van der Waals surface area contributed by atoms with Crippen molar-refractivity contribution in [2.75, 3.05) is 22.4 Å². The fourth-order valence-electron chi connectivity index (χ4n) is 1.99. The van der Waals surface area contributed by atoms with Crippen LogP contribution in [0.2, 0.25) is 0 Å². The number of alkyl halides is 2. The number of rotatable bonds is 4. The first-order valence-corrected chi connectivity index (χ1v) is 7.63. The van der Waals surface area contributed by atoms with Gasteiger partial charge in [0.05, 0.1) is 0 Å². The Morgan fingerprint density at radius 3 is 2.05 bits per heavy atom. The third kappa shape index (κ3) is 4.61. The molecule has 0 aliphatic heterocycles. The Kier molecular flexibility index (Phi) is 6.05. The highest BCUT2D eigenvalue weighted by molar-refractivity contribution is 6.29. The standard InChI is InChI=1S/C15H20Cl2N2O2/c1-9-11(18-12(20)7-16)6-5-10(15(2,3)4)14(9)19-13(21)8-17/h5-6H,7-8H2,1-4H3,(H,18,20)(H,19,21). The summed E-state index contributed by atoms with van der Waals surface area (Å²) in [6.07, 6.45) is 0. The molecule has 0 aromatic heterocycles. The van der Waals surface area contributed by atoms with Crippen LogP contribution in [0.25, 0.3) is 0 Å². The number of benzene rings is 1. The summed E-state index contributed by atoms with van der Waals surface area (Å²) < 4.78 is 0. The highest BCUT2D eigenvalue weighted by Crippen LogP contribution is 2.35. The lowest BCUT2D eigenvalue weighted by Crippen LogP contribution is -2.22. The van der Waals surface area contributed by atoms with Crippen LogP contribution in [0.1, 0.15) is 31.9 Å². The second-order valence-corrected chi connectivity index (χ2v) is 6.31. The highest BCUT2D eigenvalue weighted by atomic mass is 35.5. The Morgan fingerprint density at radius 2 is 1.57 bits per heavy atom. The first kappa shape index (κ1) is 17.8. The molecule has 21 heavy (non-hydrogen) atoms. The van der Waals surface area contributed by atoms with E-state index in [1.54, 1.807) is 0 Å². The summed E-state index contributed by atoms with van der Waals surface area (Å²) in [5.74, 6) is -0.825. The van der Waals surface area contributed by atoms with Gasteiger partial charge in [-0.2, -0.15) is 0 Å². The Bertz CT molecular complexity index is 551. The largest absolute Gasteiger partial charge is 0.325 e. The van der Waals surface area contributed by atoms with E-state index in [2.05, 4.69) is 31.4 Å². The van der Waals surface area contributed by atoms with Gasteiger partial charge in [-0.15, -0.1) is 23.2 Å². The lowest BCUT2D eigenvalue weighted by Gasteiger charge is -2.26. The second-order valence-electron chi connectivity index (χ2n) is 5.77. The SMILES string of the molecule is Cc1c(NC(=O)CCl)ccc(C(C)(C)C)c1NC(=O)CCl. The van der Waals surface area contributed by atoms with Crippen LogP contribution in [0, 0.1) is 6.92 Å². The number of hydrogen-bond donors (Lipinski definition) is 2. The lowest BCUT2D eigenvalue weighted by atomic mass is 9.84. The topological polar surface area (TPSA) is 58.2 Å². The molecule has 0 saturated heterocycles. The molecule has 116 valence electrons. The molecule has 4 nitrogen and oxygen atoms in total. The molecule has 0 aliphatic carbocycles. The second kappa shape index (κ2) is 7.14. The van der Waals surface area contributed by atoms with Gasteiger partial charge in [-0.05, 0) is 29.5 Å². The van der Waals surface area contributed by atoms with E-state index < -0.39 is 0 Å². The molecule has 0 bridgehead atoms. The predicted octanol–water partition coefficient (Wildman–Crippen LogP) is 3.65. The Hall–Kier alpha value is -1.26. The van der Waals surface area contributed by atoms with Crippen LogP contribution in [-0.2, 0) is 15.0 Å². The van der Waals surface area contributed by atoms with Gasteiger partial charge < -0.3 is 10.6 Å². The van der Waals surface area contributed by atoms with Gasteiger partial charge in [-0.3, -0.25) is 9.59 Å². The number of anilines is 2. The van der Waals surface area contributed by atoms with E-state index in [4.69, 9.17) is 23.2 Å². The normalized spacial score (nSPS) is 11.1. The summed E-state index contributed by atoms with van der Waals surface area (Å²) in [6.45, 7) is 7.99. The third-order valence-corrected chi connectivity index (χ3v) is 3.54. The maximum absolute atomic E-state index is 11.7. The van der Waals surface area contributed by atoms with Crippen molar-refractivity contribution in [3.05, 3.63) is 23.3 Å². The number of halogens is 2. The van der Waals surface area contributed by atoms with E-state index in [1.165, 1.54) is 0 Å². The first-order valence-electron chi connectivity index (χ1n) is 6.56. The zero-order valence-corrected chi connectivity index (χ0v) is 14.2. The molecule has 0 unspecified atom stereocenters. The van der Waals surface area contributed by atoms with Crippen molar-refractivity contribution in [2.45, 2.75) is 33.1 Å². The molecule has 0 heterocycles. The Balaban J connectivity index is 3.33. The summed E-state index contributed by atoms with van der Waals surface area (Å²) in [4.78, 5) is 23.1. The summed E-state index contributed by atoms with van der Waals surface area (Å²) >= 11 is 11.1. The van der Waals surface area contributed by atoms with Crippen LogP contribution in [0.3, 0.4) is 0 Å². The zero-order chi connectivity index (χ0) is 16.2. The van der Waals surface area contributed by atoms with Gasteiger partial charge in [0.1, 0.15) is 11.8 Å². The van der Waals surface area contributed by atoms with E-state index >= 15 is 0 Å². The van der Waals surface area contributed by atoms with E-state index in [0.717, 1.165) is 11.1 Å². The molecule has 1 rings (SSSR count). The van der Waals surface area contributed by atoms with Crippen molar-refractivity contribution < 1.29 is 9.59 Å². The summed E-state index contributed by atoms with van der Waals surface area (Å²) in [5.41, 5.74) is 2.90. The maximum atomic E-state index is 11.7. The minimum atomic E-state index is -0.294. The van der Waals surface area contributed by atoms with Gasteiger partial charge in [-0.1, -0.05) is 26.8 Å². The van der Waals surface area contributed by atoms with Gasteiger partial charge in [0.2, 0.25) is 11.8 Å². The molecular formula is C15H20Cl2N2O2. The van der Waals surface area contributed by atoms with Crippen LogP contribution in [0.4, 0.5) is 11.4 Å². The summed E-state index contributed by atoms with van der Waals surface area (Å²) in [5, 5.41) is 5.53. The van der Waals surface area contributed by atoms with Crippen molar-refractivity contribution in [2.24, 2.45) is 0 Å². The van der Waals surface area contributed by atoms with Crippen molar-refractivity contribution in [3.63, 3.8) is 0 Å². The number of carbonyl (C=O) groups excluding carboxylic acids is 2. The highest BCUT2D eigenvalue weighted by Gasteiger charge is 2.22. The lowest BCUT2D eigenvalue weighted by molar-refractivity contribution is -0.114. The van der Waals surface area contributed by atoms with E-state index in [-0.39, 0.29) is 29.0 Å².